The van der Waals surface area contributed by atoms with E-state index in [9.17, 15) is 4.79 Å². The van der Waals surface area contributed by atoms with Crippen LogP contribution in [0.25, 0.3) is 0 Å². The summed E-state index contributed by atoms with van der Waals surface area (Å²) in [5, 5.41) is 6.62. The fourth-order valence-corrected chi connectivity index (χ4v) is 2.22. The first-order valence-corrected chi connectivity index (χ1v) is 7.75. The van der Waals surface area contributed by atoms with Crippen LogP contribution in [0, 0.1) is 0 Å². The van der Waals surface area contributed by atoms with E-state index in [-0.39, 0.29) is 5.91 Å². The first-order chi connectivity index (χ1) is 11.7. The van der Waals surface area contributed by atoms with Gasteiger partial charge < -0.3 is 10.6 Å². The molecule has 2 N–H and O–H groups in total. The quantitative estimate of drug-likeness (QED) is 0.742. The van der Waals surface area contributed by atoms with E-state index >= 15 is 0 Å². The van der Waals surface area contributed by atoms with Gasteiger partial charge in [-0.15, -0.1) is 0 Å². The van der Waals surface area contributed by atoms with E-state index < -0.39 is 0 Å². The minimum absolute atomic E-state index is 0.261. The number of para-hydroxylation sites is 1. The predicted molar refractivity (Wildman–Crippen MR) is 94.4 cm³/mol. The molecule has 0 bridgehead atoms. The zero-order valence-corrected chi connectivity index (χ0v) is 13.5. The smallest absolute Gasteiger partial charge is 0.270 e. The summed E-state index contributed by atoms with van der Waals surface area (Å²) in [4.78, 5) is 20.4. The molecule has 1 aromatic heterocycles. The number of aromatic nitrogens is 2. The molecule has 0 aliphatic rings. The van der Waals surface area contributed by atoms with E-state index in [1.54, 1.807) is 18.2 Å². The highest BCUT2D eigenvalue weighted by Crippen LogP contribution is 2.14. The molecule has 3 aromatic rings. The number of halogens is 1. The Hall–Kier alpha value is -2.92. The maximum absolute atomic E-state index is 12.2. The highest BCUT2D eigenvalue weighted by atomic mass is 35.5. The Bertz CT molecular complexity index is 822. The van der Waals surface area contributed by atoms with Gasteiger partial charge >= 0.3 is 0 Å². The van der Waals surface area contributed by atoms with E-state index in [1.165, 1.54) is 6.33 Å². The average molecular weight is 339 g/mol. The van der Waals surface area contributed by atoms with Crippen molar-refractivity contribution in [3.05, 3.63) is 83.3 Å². The lowest BCUT2D eigenvalue weighted by molar-refractivity contribution is 0.0946. The average Bonchev–Trinajstić information content (AvgIpc) is 2.62. The Morgan fingerprint density at radius 2 is 1.75 bits per heavy atom. The summed E-state index contributed by atoms with van der Waals surface area (Å²) in [5.74, 6) is 0.302. The second-order valence-electron chi connectivity index (χ2n) is 5.09. The number of anilines is 2. The van der Waals surface area contributed by atoms with Gasteiger partial charge in [-0.25, -0.2) is 9.97 Å². The normalized spacial score (nSPS) is 10.2. The Balaban J connectivity index is 1.64. The SMILES string of the molecule is O=C(NCc1ccc(Cl)cc1)c1cc(Nc2ccccc2)ncn1. The number of benzene rings is 2. The molecule has 5 nitrogen and oxygen atoms in total. The van der Waals surface area contributed by atoms with Crippen LogP contribution in [0.15, 0.2) is 67.0 Å². The van der Waals surface area contributed by atoms with Gasteiger partial charge in [0.25, 0.3) is 5.91 Å². The van der Waals surface area contributed by atoms with Gasteiger partial charge in [-0.2, -0.15) is 0 Å². The number of hydrogen-bond donors (Lipinski definition) is 2. The van der Waals surface area contributed by atoms with Crippen molar-refractivity contribution in [2.75, 3.05) is 5.32 Å². The van der Waals surface area contributed by atoms with Crippen molar-refractivity contribution in [2.45, 2.75) is 6.54 Å². The summed E-state index contributed by atoms with van der Waals surface area (Å²) in [6, 6.07) is 18.5. The van der Waals surface area contributed by atoms with Crippen LogP contribution in [0.5, 0.6) is 0 Å². The lowest BCUT2D eigenvalue weighted by Crippen LogP contribution is -2.24. The van der Waals surface area contributed by atoms with Crippen molar-refractivity contribution in [3.8, 4) is 0 Å². The van der Waals surface area contributed by atoms with Crippen LogP contribution < -0.4 is 10.6 Å². The number of carbonyl (C=O) groups excluding carboxylic acids is 1. The van der Waals surface area contributed by atoms with Crippen molar-refractivity contribution in [3.63, 3.8) is 0 Å². The molecule has 0 unspecified atom stereocenters. The third kappa shape index (κ3) is 4.30. The standard InChI is InChI=1S/C18H15ClN4O/c19-14-8-6-13(7-9-14)11-20-18(24)16-10-17(22-12-21-16)23-15-4-2-1-3-5-15/h1-10,12H,11H2,(H,20,24)(H,21,22,23). The number of rotatable bonds is 5. The topological polar surface area (TPSA) is 66.9 Å². The van der Waals surface area contributed by atoms with Gasteiger partial charge in [-0.05, 0) is 29.8 Å². The Morgan fingerprint density at radius 1 is 1.00 bits per heavy atom. The third-order valence-electron chi connectivity index (χ3n) is 3.31. The molecular formula is C18H15ClN4O. The lowest BCUT2D eigenvalue weighted by Gasteiger charge is -2.08. The van der Waals surface area contributed by atoms with E-state index in [4.69, 9.17) is 11.6 Å². The largest absolute Gasteiger partial charge is 0.347 e. The van der Waals surface area contributed by atoms with Crippen molar-refractivity contribution in [1.82, 2.24) is 15.3 Å². The summed E-state index contributed by atoms with van der Waals surface area (Å²) >= 11 is 5.84. The number of amides is 1. The highest BCUT2D eigenvalue weighted by molar-refractivity contribution is 6.30. The maximum atomic E-state index is 12.2. The first-order valence-electron chi connectivity index (χ1n) is 7.37. The van der Waals surface area contributed by atoms with Crippen molar-refractivity contribution < 1.29 is 4.79 Å². The van der Waals surface area contributed by atoms with Gasteiger partial charge in [0, 0.05) is 23.3 Å². The van der Waals surface area contributed by atoms with Gasteiger partial charge in [0.05, 0.1) is 0 Å². The fourth-order valence-electron chi connectivity index (χ4n) is 2.09. The minimum atomic E-state index is -0.261. The summed E-state index contributed by atoms with van der Waals surface area (Å²) in [7, 11) is 0. The van der Waals surface area contributed by atoms with Crippen LogP contribution in [0.3, 0.4) is 0 Å². The molecule has 0 saturated heterocycles. The zero-order valence-electron chi connectivity index (χ0n) is 12.7. The molecule has 120 valence electrons. The van der Waals surface area contributed by atoms with Crippen molar-refractivity contribution in [1.29, 1.82) is 0 Å². The molecule has 0 aliphatic carbocycles. The molecule has 3 rings (SSSR count). The van der Waals surface area contributed by atoms with Gasteiger partial charge in [-0.3, -0.25) is 4.79 Å². The van der Waals surface area contributed by atoms with E-state index in [2.05, 4.69) is 20.6 Å². The van der Waals surface area contributed by atoms with Gasteiger partial charge in [0.2, 0.25) is 0 Å². The van der Waals surface area contributed by atoms with Crippen LogP contribution >= 0.6 is 11.6 Å². The monoisotopic (exact) mass is 338 g/mol. The Morgan fingerprint density at radius 3 is 2.50 bits per heavy atom. The molecule has 0 radical (unpaired) electrons. The lowest BCUT2D eigenvalue weighted by atomic mass is 10.2. The maximum Gasteiger partial charge on any atom is 0.270 e. The Labute approximate surface area is 144 Å². The molecule has 2 aromatic carbocycles. The molecule has 0 saturated carbocycles. The van der Waals surface area contributed by atoms with Crippen LogP contribution in [0.2, 0.25) is 5.02 Å². The van der Waals surface area contributed by atoms with Crippen molar-refractivity contribution >= 4 is 29.0 Å². The summed E-state index contributed by atoms with van der Waals surface area (Å²) in [5.41, 5.74) is 2.16. The van der Waals surface area contributed by atoms with Crippen LogP contribution in [-0.4, -0.2) is 15.9 Å². The number of hydrogen-bond acceptors (Lipinski definition) is 4. The van der Waals surface area contributed by atoms with Crippen LogP contribution in [0.4, 0.5) is 11.5 Å². The molecule has 24 heavy (non-hydrogen) atoms. The predicted octanol–water partition coefficient (Wildman–Crippen LogP) is 3.80. The summed E-state index contributed by atoms with van der Waals surface area (Å²) < 4.78 is 0. The Kier molecular flexibility index (Phi) is 5.03. The molecule has 6 heteroatoms. The number of carbonyl (C=O) groups is 1. The second-order valence-corrected chi connectivity index (χ2v) is 5.53. The molecule has 1 amide bonds. The number of nitrogens with zero attached hydrogens (tertiary/aromatic N) is 2. The first kappa shape index (κ1) is 16.0. The van der Waals surface area contributed by atoms with Gasteiger partial charge in [0.1, 0.15) is 17.8 Å². The molecular weight excluding hydrogens is 324 g/mol. The molecule has 0 fully saturated rings. The molecule has 0 spiro atoms. The van der Waals surface area contributed by atoms with E-state index in [1.807, 2.05) is 42.5 Å². The van der Waals surface area contributed by atoms with E-state index in [0.717, 1.165) is 11.3 Å². The van der Waals surface area contributed by atoms with Crippen LogP contribution in [-0.2, 0) is 6.54 Å². The van der Waals surface area contributed by atoms with Gasteiger partial charge in [-0.1, -0.05) is 41.9 Å². The number of nitrogens with one attached hydrogen (secondary N) is 2. The van der Waals surface area contributed by atoms with Gasteiger partial charge in [0.15, 0.2) is 0 Å². The fraction of sp³-hybridized carbons (Fsp3) is 0.0556. The molecule has 0 aliphatic heterocycles. The van der Waals surface area contributed by atoms with Crippen LogP contribution in [0.1, 0.15) is 16.1 Å². The second kappa shape index (κ2) is 7.57. The van der Waals surface area contributed by atoms with Crippen molar-refractivity contribution in [2.24, 2.45) is 0 Å². The van der Waals surface area contributed by atoms with E-state index in [0.29, 0.717) is 23.1 Å². The summed E-state index contributed by atoms with van der Waals surface area (Å²) in [6.45, 7) is 0.404. The highest BCUT2D eigenvalue weighted by Gasteiger charge is 2.08. The zero-order chi connectivity index (χ0) is 16.8. The third-order valence-corrected chi connectivity index (χ3v) is 3.56. The molecule has 1 heterocycles. The summed E-state index contributed by atoms with van der Waals surface area (Å²) in [6.07, 6.45) is 1.36. The minimum Gasteiger partial charge on any atom is -0.347 e. The molecule has 0 atom stereocenters.